The summed E-state index contributed by atoms with van der Waals surface area (Å²) < 4.78 is 85.8. The summed E-state index contributed by atoms with van der Waals surface area (Å²) in [6, 6.07) is 3.20. The summed E-state index contributed by atoms with van der Waals surface area (Å²) >= 11 is 0. The lowest BCUT2D eigenvalue weighted by atomic mass is 10.2. The summed E-state index contributed by atoms with van der Waals surface area (Å²) in [5.41, 5.74) is -0.688. The van der Waals surface area contributed by atoms with Crippen LogP contribution in [0.25, 0.3) is 0 Å². The molecule has 284 valence electrons. The first-order valence-corrected chi connectivity index (χ1v) is 19.5. The molecule has 0 spiro atoms. The Hall–Kier alpha value is -3.60. The van der Waals surface area contributed by atoms with Gasteiger partial charge in [-0.1, -0.05) is 65.6 Å². The van der Waals surface area contributed by atoms with Crippen LogP contribution in [0, 0.1) is 0 Å². The van der Waals surface area contributed by atoms with E-state index in [4.69, 9.17) is 14.6 Å². The van der Waals surface area contributed by atoms with Crippen molar-refractivity contribution < 1.29 is 48.6 Å². The minimum Gasteiger partial charge on any atom is -0.594 e. The van der Waals surface area contributed by atoms with E-state index in [1.54, 1.807) is 78.0 Å². The molecule has 3 aliphatic rings. The zero-order valence-corrected chi connectivity index (χ0v) is 32.1. The Morgan fingerprint density at radius 2 is 1.28 bits per heavy atom. The molecule has 4 heterocycles. The van der Waals surface area contributed by atoms with Crippen LogP contribution >= 0.6 is 0 Å². The Labute approximate surface area is 296 Å². The van der Waals surface area contributed by atoms with Crippen molar-refractivity contribution in [3.8, 4) is 0 Å². The average Bonchev–Trinajstić information content (AvgIpc) is 3.75. The normalized spacial score (nSPS) is 16.7. The highest BCUT2D eigenvalue weighted by atomic mass is 32.2. The molecule has 4 rings (SSSR count). The van der Waals surface area contributed by atoms with Gasteiger partial charge in [-0.15, -0.1) is 8.42 Å². The second-order valence-electron chi connectivity index (χ2n) is 12.7. The summed E-state index contributed by atoms with van der Waals surface area (Å²) in [6.45, 7) is 13.4. The molecule has 0 saturated carbocycles. The van der Waals surface area contributed by atoms with Crippen molar-refractivity contribution in [2.45, 2.75) is 52.7 Å². The van der Waals surface area contributed by atoms with Crippen LogP contribution in [0.15, 0.2) is 65.4 Å². The number of amides is 1. The van der Waals surface area contributed by atoms with Crippen LogP contribution in [-0.2, 0) is 40.1 Å². The fourth-order valence-electron chi connectivity index (χ4n) is 3.49. The fraction of sp³-hybridized carbons (Fsp3) is 0.552. The number of carbonyl (C=O) groups is 1. The predicted octanol–water partition coefficient (Wildman–Crippen LogP) is -0.500. The maximum atomic E-state index is 11.9. The first kappa shape index (κ1) is 44.4. The summed E-state index contributed by atoms with van der Waals surface area (Å²) in [6.07, 6.45) is 11.8. The molecule has 4 N–H and O–H groups in total. The van der Waals surface area contributed by atoms with Crippen LogP contribution in [0.3, 0.4) is 0 Å². The van der Waals surface area contributed by atoms with E-state index in [0.29, 0.717) is 13.1 Å². The lowest BCUT2D eigenvalue weighted by molar-refractivity contribution is -0.511. The van der Waals surface area contributed by atoms with Crippen LogP contribution < -0.4 is 29.2 Å². The van der Waals surface area contributed by atoms with Gasteiger partial charge in [0.05, 0.1) is 0 Å². The fourth-order valence-corrected chi connectivity index (χ4v) is 5.77. The van der Waals surface area contributed by atoms with Crippen molar-refractivity contribution in [1.82, 2.24) is 18.6 Å². The van der Waals surface area contributed by atoms with Gasteiger partial charge in [-0.05, 0) is 20.8 Å². The lowest BCUT2D eigenvalue weighted by Gasteiger charge is -2.28. The van der Waals surface area contributed by atoms with Crippen molar-refractivity contribution in [1.29, 1.82) is 0 Å². The standard InChI is InChI=1S/C12H19N3O4S.C9H16N2O4S.C4H8N2O2S.C4H7N/c1-12(2,3)19-11(16)13-20(17,18)15-8-6-10(7-9-15)14(4)5;1-9(2,3)15-8(12)10-16(13,14)11-6-4-5-7-11;5-9(7,8)6-3-1-2-4-6;1-2-4-5-3-1/h6-9H,1-5H3;4-5H,6-7H2,1-3H3,(H,10,12);1-2H,3-4H2,(H2,5,7,8);1-2,5H,3-4H2. The van der Waals surface area contributed by atoms with Crippen LogP contribution in [0.2, 0.25) is 0 Å². The summed E-state index contributed by atoms with van der Waals surface area (Å²) in [5.74, 6) is 0. The number of nitrogens with one attached hydrogen (secondary N) is 2. The van der Waals surface area contributed by atoms with E-state index in [2.05, 4.69) is 21.9 Å². The van der Waals surface area contributed by atoms with Crippen LogP contribution in [0.1, 0.15) is 41.5 Å². The Balaban J connectivity index is 0.000000367. The summed E-state index contributed by atoms with van der Waals surface area (Å²) in [5, 5.41) is 19.3. The monoisotopic (exact) mass is 766 g/mol. The Morgan fingerprint density at radius 1 is 0.840 bits per heavy atom. The van der Waals surface area contributed by atoms with Crippen LogP contribution in [-0.4, -0.2) is 111 Å². The van der Waals surface area contributed by atoms with E-state index in [1.165, 1.54) is 16.7 Å². The average molecular weight is 767 g/mol. The molecule has 0 bridgehead atoms. The Bertz CT molecular complexity index is 1670. The number of carbonyl (C=O) groups excluding carboxylic acids is 1. The van der Waals surface area contributed by atoms with Crippen molar-refractivity contribution in [3.05, 3.63) is 61.0 Å². The van der Waals surface area contributed by atoms with Gasteiger partial charge < -0.3 is 24.8 Å². The van der Waals surface area contributed by atoms with Gasteiger partial charge in [-0.25, -0.2) is 14.7 Å². The van der Waals surface area contributed by atoms with Crippen molar-refractivity contribution in [2.75, 3.05) is 58.3 Å². The molecule has 18 nitrogen and oxygen atoms in total. The third-order valence-corrected chi connectivity index (χ3v) is 9.30. The molecule has 0 fully saturated rings. The number of rotatable bonds is 6. The van der Waals surface area contributed by atoms with E-state index >= 15 is 0 Å². The topological polar surface area (TPSA) is 237 Å². The smallest absolute Gasteiger partial charge is 0.493 e. The maximum absolute atomic E-state index is 11.9. The predicted molar refractivity (Wildman–Crippen MR) is 188 cm³/mol. The van der Waals surface area contributed by atoms with E-state index in [-0.39, 0.29) is 13.1 Å². The van der Waals surface area contributed by atoms with Gasteiger partial charge in [0.1, 0.15) is 5.60 Å². The molecule has 0 radical (unpaired) electrons. The first-order valence-electron chi connectivity index (χ1n) is 15.2. The minimum atomic E-state index is -4.13. The third-order valence-electron chi connectivity index (χ3n) is 5.72. The maximum Gasteiger partial charge on any atom is 0.493 e. The number of aromatic nitrogens is 1. The third kappa shape index (κ3) is 18.4. The zero-order valence-electron chi connectivity index (χ0n) is 29.6. The van der Waals surface area contributed by atoms with Crippen molar-refractivity contribution in [3.63, 3.8) is 0 Å². The van der Waals surface area contributed by atoms with Crippen molar-refractivity contribution in [2.24, 2.45) is 9.54 Å². The quantitative estimate of drug-likeness (QED) is 0.144. The highest BCUT2D eigenvalue weighted by molar-refractivity contribution is 7.87. The van der Waals surface area contributed by atoms with Gasteiger partial charge in [0.2, 0.25) is 0 Å². The van der Waals surface area contributed by atoms with Gasteiger partial charge in [-0.3, -0.25) is 0 Å². The van der Waals surface area contributed by atoms with Gasteiger partial charge in [0.25, 0.3) is 10.2 Å². The van der Waals surface area contributed by atoms with Crippen LogP contribution in [0.5, 0.6) is 0 Å². The van der Waals surface area contributed by atoms with Gasteiger partial charge in [-0.2, -0.15) is 25.4 Å². The highest BCUT2D eigenvalue weighted by Crippen LogP contribution is 2.10. The minimum absolute atomic E-state index is 0.276. The second kappa shape index (κ2) is 19.1. The molecule has 0 aromatic carbocycles. The number of pyridine rings is 1. The SMILES string of the molecule is C1=CCNC1.CC(C)(C)OC(=O)NS(=O)(=O)N1CC=CC1.CN(C)c1cc[n+](S(=O)(=O)N=C([O-])OC(C)(C)C)cc1.NS(=O)(=O)N1CC=CC1. The molecular formula is C29H50N8O10S3. The molecule has 0 aliphatic carbocycles. The molecule has 0 unspecified atom stereocenters. The molecule has 1 aromatic rings. The molecular weight excluding hydrogens is 717 g/mol. The summed E-state index contributed by atoms with van der Waals surface area (Å²) in [4.78, 5) is 13.1. The molecule has 21 heteroatoms. The number of nitrogens with two attached hydrogens (primary N) is 1. The Kier molecular flexibility index (Phi) is 17.0. The molecule has 1 amide bonds. The zero-order chi connectivity index (χ0) is 38.4. The molecule has 0 atom stereocenters. The first-order chi connectivity index (χ1) is 22.8. The number of anilines is 1. The van der Waals surface area contributed by atoms with E-state index in [1.807, 2.05) is 23.7 Å². The lowest BCUT2D eigenvalue weighted by Crippen LogP contribution is -2.44. The summed E-state index contributed by atoms with van der Waals surface area (Å²) in [7, 11) is -7.68. The highest BCUT2D eigenvalue weighted by Gasteiger charge is 2.27. The van der Waals surface area contributed by atoms with Gasteiger partial charge in [0.15, 0.2) is 18.5 Å². The largest absolute Gasteiger partial charge is 0.594 e. The molecule has 50 heavy (non-hydrogen) atoms. The number of hydrogen-bond donors (Lipinski definition) is 3. The van der Waals surface area contributed by atoms with E-state index < -0.39 is 54.0 Å². The molecule has 1 aromatic heterocycles. The molecule has 0 saturated heterocycles. The van der Waals surface area contributed by atoms with Crippen LogP contribution in [0.4, 0.5) is 10.5 Å². The van der Waals surface area contributed by atoms with Crippen molar-refractivity contribution >= 4 is 48.5 Å². The molecule has 3 aliphatic heterocycles. The second-order valence-corrected chi connectivity index (χ2v) is 17.4. The van der Waals surface area contributed by atoms with Gasteiger partial charge >= 0.3 is 26.5 Å². The van der Waals surface area contributed by atoms with Gasteiger partial charge in [0, 0.05) is 76.8 Å². The number of hydrogen-bond acceptors (Lipinski definition) is 12. The Morgan fingerprint density at radius 3 is 1.62 bits per heavy atom. The van der Waals surface area contributed by atoms with E-state index in [9.17, 15) is 35.2 Å². The number of ether oxygens (including phenoxy) is 2. The number of nitrogens with zero attached hydrogens (tertiary/aromatic N) is 5. The van der Waals surface area contributed by atoms with E-state index in [0.717, 1.165) is 27.1 Å².